The van der Waals surface area contributed by atoms with Crippen molar-refractivity contribution in [2.24, 2.45) is 0 Å². The molecule has 1 N–H and O–H groups in total. The van der Waals surface area contributed by atoms with E-state index >= 15 is 0 Å². The summed E-state index contributed by atoms with van der Waals surface area (Å²) in [5.74, 6) is 0.124. The number of nitro groups is 1. The Morgan fingerprint density at radius 3 is 2.76 bits per heavy atom. The number of methoxy groups -OCH3 is 2. The Kier molecular flexibility index (Phi) is 5.08. The van der Waals surface area contributed by atoms with E-state index in [0.717, 1.165) is 0 Å². The van der Waals surface area contributed by atoms with Crippen molar-refractivity contribution in [3.63, 3.8) is 0 Å². The van der Waals surface area contributed by atoms with E-state index in [1.54, 1.807) is 0 Å². The molecule has 0 unspecified atom stereocenters. The third-order valence-electron chi connectivity index (χ3n) is 1.99. The Morgan fingerprint density at radius 2 is 2.24 bits per heavy atom. The van der Waals surface area contributed by atoms with Gasteiger partial charge in [-0.2, -0.15) is 0 Å². The number of anilines is 1. The van der Waals surface area contributed by atoms with Crippen LogP contribution in [0.25, 0.3) is 0 Å². The molecule has 1 heterocycles. The molecule has 0 amide bonds. The molecule has 0 spiro atoms. The van der Waals surface area contributed by atoms with Gasteiger partial charge < -0.3 is 14.8 Å². The van der Waals surface area contributed by atoms with Gasteiger partial charge in [-0.1, -0.05) is 11.6 Å². The van der Waals surface area contributed by atoms with Crippen molar-refractivity contribution in [3.05, 3.63) is 27.4 Å². The van der Waals surface area contributed by atoms with Crippen LogP contribution in [-0.4, -0.2) is 37.0 Å². The molecule has 1 aromatic heterocycles. The second-order valence-electron chi connectivity index (χ2n) is 3.06. The number of aromatic nitrogens is 1. The molecule has 0 aliphatic heterocycles. The molecule has 7 nitrogen and oxygen atoms in total. The standard InChI is InChI=1S/C9H12ClN3O4/c1-16-8(17-2)5-12-9-7(13(14)15)3-6(10)4-11-9/h3-4,8H,5H2,1-2H3,(H,11,12). The van der Waals surface area contributed by atoms with Gasteiger partial charge in [-0.15, -0.1) is 0 Å². The second kappa shape index (κ2) is 6.33. The van der Waals surface area contributed by atoms with E-state index in [4.69, 9.17) is 21.1 Å². The predicted molar refractivity (Wildman–Crippen MR) is 62.2 cm³/mol. The molecule has 0 atom stereocenters. The molecule has 0 radical (unpaired) electrons. The summed E-state index contributed by atoms with van der Waals surface area (Å²) >= 11 is 5.63. The number of pyridine rings is 1. The van der Waals surface area contributed by atoms with Crippen LogP contribution in [0.5, 0.6) is 0 Å². The van der Waals surface area contributed by atoms with Crippen LogP contribution in [0, 0.1) is 10.1 Å². The SMILES string of the molecule is COC(CNc1ncc(Cl)cc1[N+](=O)[O-])OC. The lowest BCUT2D eigenvalue weighted by atomic mass is 10.4. The second-order valence-corrected chi connectivity index (χ2v) is 3.50. The minimum atomic E-state index is -0.560. The summed E-state index contributed by atoms with van der Waals surface area (Å²) in [4.78, 5) is 14.0. The lowest BCUT2D eigenvalue weighted by Gasteiger charge is -2.14. The Balaban J connectivity index is 2.80. The number of nitrogens with zero attached hydrogens (tertiary/aromatic N) is 2. The van der Waals surface area contributed by atoms with Gasteiger partial charge in [0, 0.05) is 26.5 Å². The Bertz CT molecular complexity index is 398. The molecule has 0 aromatic carbocycles. The van der Waals surface area contributed by atoms with Gasteiger partial charge in [0.2, 0.25) is 5.82 Å². The van der Waals surface area contributed by atoms with Crippen LogP contribution in [0.1, 0.15) is 0 Å². The van der Waals surface area contributed by atoms with Crippen molar-refractivity contribution in [2.45, 2.75) is 6.29 Å². The van der Waals surface area contributed by atoms with Crippen molar-refractivity contribution in [2.75, 3.05) is 26.1 Å². The topological polar surface area (TPSA) is 86.5 Å². The minimum Gasteiger partial charge on any atom is -0.359 e. The lowest BCUT2D eigenvalue weighted by molar-refractivity contribution is -0.384. The molecule has 0 saturated heterocycles. The molecule has 0 bridgehead atoms. The first kappa shape index (κ1) is 13.6. The zero-order valence-corrected chi connectivity index (χ0v) is 10.1. The Labute approximate surface area is 103 Å². The van der Waals surface area contributed by atoms with Crippen LogP contribution in [0.3, 0.4) is 0 Å². The highest BCUT2D eigenvalue weighted by atomic mass is 35.5. The minimum absolute atomic E-state index is 0.124. The molecule has 0 aliphatic rings. The number of hydrogen-bond donors (Lipinski definition) is 1. The highest BCUT2D eigenvalue weighted by Gasteiger charge is 2.17. The number of nitrogens with one attached hydrogen (secondary N) is 1. The average molecular weight is 262 g/mol. The lowest BCUT2D eigenvalue weighted by Crippen LogP contribution is -2.24. The number of hydrogen-bond acceptors (Lipinski definition) is 6. The molecular formula is C9H12ClN3O4. The summed E-state index contributed by atoms with van der Waals surface area (Å²) in [6.07, 6.45) is 0.818. The van der Waals surface area contributed by atoms with Gasteiger partial charge in [0.25, 0.3) is 0 Å². The van der Waals surface area contributed by atoms with Gasteiger partial charge in [0.1, 0.15) is 0 Å². The first-order chi connectivity index (χ1) is 8.08. The molecule has 0 saturated carbocycles. The van der Waals surface area contributed by atoms with Crippen LogP contribution >= 0.6 is 11.6 Å². The van der Waals surface area contributed by atoms with E-state index in [9.17, 15) is 10.1 Å². The molecule has 0 aliphatic carbocycles. The van der Waals surface area contributed by atoms with E-state index in [-0.39, 0.29) is 23.1 Å². The smallest absolute Gasteiger partial charge is 0.312 e. The molecule has 1 aromatic rings. The summed E-state index contributed by atoms with van der Waals surface area (Å²) in [6, 6.07) is 1.23. The van der Waals surface area contributed by atoms with Gasteiger partial charge in [-0.05, 0) is 0 Å². The van der Waals surface area contributed by atoms with Gasteiger partial charge in [-0.25, -0.2) is 4.98 Å². The van der Waals surface area contributed by atoms with E-state index in [1.807, 2.05) is 0 Å². The van der Waals surface area contributed by atoms with Crippen LogP contribution in [0.4, 0.5) is 11.5 Å². The summed E-state index contributed by atoms with van der Waals surface area (Å²) in [7, 11) is 2.94. The van der Waals surface area contributed by atoms with Crippen molar-refractivity contribution < 1.29 is 14.4 Å². The van der Waals surface area contributed by atoms with Crippen molar-refractivity contribution in [3.8, 4) is 0 Å². The number of ether oxygens (including phenoxy) is 2. The zero-order valence-electron chi connectivity index (χ0n) is 9.34. The van der Waals surface area contributed by atoms with Gasteiger partial charge in [0.15, 0.2) is 6.29 Å². The Hall–Kier alpha value is -1.44. The quantitative estimate of drug-likeness (QED) is 0.476. The first-order valence-electron chi connectivity index (χ1n) is 4.68. The van der Waals surface area contributed by atoms with E-state index in [1.165, 1.54) is 26.5 Å². The predicted octanol–water partition coefficient (Wildman–Crippen LogP) is 1.67. The highest BCUT2D eigenvalue weighted by molar-refractivity contribution is 6.30. The van der Waals surface area contributed by atoms with E-state index in [2.05, 4.69) is 10.3 Å². The maximum Gasteiger partial charge on any atom is 0.312 e. The van der Waals surface area contributed by atoms with E-state index < -0.39 is 11.2 Å². The van der Waals surface area contributed by atoms with Crippen molar-refractivity contribution >= 4 is 23.1 Å². The maximum atomic E-state index is 10.8. The normalized spacial score (nSPS) is 10.6. The largest absolute Gasteiger partial charge is 0.359 e. The fraction of sp³-hybridized carbons (Fsp3) is 0.444. The maximum absolute atomic E-state index is 10.8. The average Bonchev–Trinajstić information content (AvgIpc) is 2.31. The number of halogens is 1. The van der Waals surface area contributed by atoms with Crippen LogP contribution in [0.15, 0.2) is 12.3 Å². The van der Waals surface area contributed by atoms with Crippen LogP contribution in [-0.2, 0) is 9.47 Å². The molecular weight excluding hydrogens is 250 g/mol. The molecule has 17 heavy (non-hydrogen) atoms. The zero-order chi connectivity index (χ0) is 12.8. The highest BCUT2D eigenvalue weighted by Crippen LogP contribution is 2.24. The van der Waals surface area contributed by atoms with Crippen LogP contribution < -0.4 is 5.32 Å². The fourth-order valence-corrected chi connectivity index (χ4v) is 1.30. The summed E-state index contributed by atoms with van der Waals surface area (Å²) in [6.45, 7) is 0.239. The summed E-state index contributed by atoms with van der Waals surface area (Å²) in [5, 5.41) is 13.7. The number of rotatable bonds is 6. The third kappa shape index (κ3) is 3.81. The van der Waals surface area contributed by atoms with Crippen molar-refractivity contribution in [1.82, 2.24) is 4.98 Å². The monoisotopic (exact) mass is 261 g/mol. The summed E-state index contributed by atoms with van der Waals surface area (Å²) < 4.78 is 9.87. The van der Waals surface area contributed by atoms with Gasteiger partial charge in [-0.3, -0.25) is 10.1 Å². The molecule has 8 heteroatoms. The fourth-order valence-electron chi connectivity index (χ4n) is 1.15. The van der Waals surface area contributed by atoms with Crippen LogP contribution in [0.2, 0.25) is 5.02 Å². The molecule has 94 valence electrons. The molecule has 1 rings (SSSR count). The first-order valence-corrected chi connectivity index (χ1v) is 5.05. The third-order valence-corrected chi connectivity index (χ3v) is 2.20. The molecule has 0 fully saturated rings. The van der Waals surface area contributed by atoms with E-state index in [0.29, 0.717) is 0 Å². The van der Waals surface area contributed by atoms with Gasteiger partial charge in [0.05, 0.1) is 16.5 Å². The van der Waals surface area contributed by atoms with Gasteiger partial charge >= 0.3 is 5.69 Å². The van der Waals surface area contributed by atoms with Crippen molar-refractivity contribution in [1.29, 1.82) is 0 Å². The Morgan fingerprint density at radius 1 is 1.59 bits per heavy atom. The summed E-state index contributed by atoms with van der Waals surface area (Å²) in [5.41, 5.74) is -0.191.